The van der Waals surface area contributed by atoms with Crippen LogP contribution in [-0.2, 0) is 4.74 Å². The van der Waals surface area contributed by atoms with Gasteiger partial charge in [-0.05, 0) is 25.5 Å². The van der Waals surface area contributed by atoms with Gasteiger partial charge in [-0.25, -0.2) is 9.48 Å². The molecule has 1 unspecified atom stereocenters. The molecule has 0 saturated carbocycles. The van der Waals surface area contributed by atoms with Crippen LogP contribution in [-0.4, -0.2) is 28.1 Å². The Morgan fingerprint density at radius 1 is 1.75 bits per heavy atom. The second-order valence-electron chi connectivity index (χ2n) is 3.57. The van der Waals surface area contributed by atoms with E-state index in [2.05, 4.69) is 5.10 Å². The Kier molecular flexibility index (Phi) is 3.38. The summed E-state index contributed by atoms with van der Waals surface area (Å²) in [6.07, 6.45) is 2.07. The highest BCUT2D eigenvalue weighted by Crippen LogP contribution is 2.33. The molecule has 6 heteroatoms. The van der Waals surface area contributed by atoms with Crippen molar-refractivity contribution >= 4 is 17.7 Å². The van der Waals surface area contributed by atoms with Crippen LogP contribution in [0.2, 0.25) is 0 Å². The summed E-state index contributed by atoms with van der Waals surface area (Å²) in [6, 6.07) is 1.30. The average Bonchev–Trinajstić information content (AvgIpc) is 2.86. The van der Waals surface area contributed by atoms with E-state index in [4.69, 9.17) is 4.74 Å². The van der Waals surface area contributed by atoms with Crippen LogP contribution in [0.25, 0.3) is 0 Å². The molecule has 1 N–H and O–H groups in total. The lowest BCUT2D eigenvalue weighted by atomic mass is 10.3. The first kappa shape index (κ1) is 11.3. The van der Waals surface area contributed by atoms with E-state index in [9.17, 15) is 9.59 Å². The molecule has 1 aliphatic heterocycles. The number of carbonyl (C=O) groups excluding carboxylic acids is 1. The molecule has 1 saturated heterocycles. The van der Waals surface area contributed by atoms with E-state index in [0.717, 1.165) is 18.6 Å². The molecule has 1 atom stereocenters. The second kappa shape index (κ2) is 4.78. The third-order valence-corrected chi connectivity index (χ3v) is 3.79. The number of aromatic amines is 1. The van der Waals surface area contributed by atoms with Crippen molar-refractivity contribution in [2.24, 2.45) is 0 Å². The fourth-order valence-electron chi connectivity index (χ4n) is 1.70. The van der Waals surface area contributed by atoms with Gasteiger partial charge < -0.3 is 4.74 Å². The highest BCUT2D eigenvalue weighted by atomic mass is 32.2. The SMILES string of the molecule is CCOC(=O)c1cc(=O)n(C2CCCS2)[nH]1. The van der Waals surface area contributed by atoms with Crippen molar-refractivity contribution < 1.29 is 9.53 Å². The number of H-pyrrole nitrogens is 1. The summed E-state index contributed by atoms with van der Waals surface area (Å²) in [5.74, 6) is 0.589. The zero-order valence-electron chi connectivity index (χ0n) is 9.06. The van der Waals surface area contributed by atoms with E-state index in [1.165, 1.54) is 10.7 Å². The lowest BCUT2D eigenvalue weighted by Crippen LogP contribution is -2.18. The molecule has 2 heterocycles. The first-order chi connectivity index (χ1) is 7.72. The maximum atomic E-state index is 11.6. The second-order valence-corrected chi connectivity index (χ2v) is 4.85. The molecule has 0 amide bonds. The van der Waals surface area contributed by atoms with Crippen LogP contribution >= 0.6 is 11.8 Å². The number of ether oxygens (including phenoxy) is 1. The molecular formula is C10H14N2O3S. The van der Waals surface area contributed by atoms with Crippen LogP contribution in [0.4, 0.5) is 0 Å². The number of esters is 1. The van der Waals surface area contributed by atoms with Crippen molar-refractivity contribution in [2.75, 3.05) is 12.4 Å². The summed E-state index contributed by atoms with van der Waals surface area (Å²) in [5, 5.41) is 2.95. The number of carbonyl (C=O) groups is 1. The number of thioether (sulfide) groups is 1. The van der Waals surface area contributed by atoms with Crippen LogP contribution in [0, 0.1) is 0 Å². The number of nitrogens with one attached hydrogen (secondary N) is 1. The molecule has 0 spiro atoms. The zero-order chi connectivity index (χ0) is 11.5. The van der Waals surface area contributed by atoms with Crippen molar-refractivity contribution in [1.82, 2.24) is 9.78 Å². The molecular weight excluding hydrogens is 228 g/mol. The fourth-order valence-corrected chi connectivity index (χ4v) is 2.95. The number of nitrogens with zero attached hydrogens (tertiary/aromatic N) is 1. The van der Waals surface area contributed by atoms with Crippen molar-refractivity contribution in [3.05, 3.63) is 22.1 Å². The lowest BCUT2D eigenvalue weighted by molar-refractivity contribution is 0.0518. The van der Waals surface area contributed by atoms with Gasteiger partial charge >= 0.3 is 5.97 Å². The summed E-state index contributed by atoms with van der Waals surface area (Å²) in [7, 11) is 0. The van der Waals surface area contributed by atoms with Crippen LogP contribution in [0.15, 0.2) is 10.9 Å². The van der Waals surface area contributed by atoms with E-state index < -0.39 is 5.97 Å². The molecule has 2 rings (SSSR count). The molecule has 0 aliphatic carbocycles. The van der Waals surface area contributed by atoms with Crippen molar-refractivity contribution in [3.8, 4) is 0 Å². The Bertz CT molecular complexity index is 432. The summed E-state index contributed by atoms with van der Waals surface area (Å²) in [5.41, 5.74) is 0.0711. The molecule has 88 valence electrons. The molecule has 0 bridgehead atoms. The molecule has 16 heavy (non-hydrogen) atoms. The number of hydrogen-bond acceptors (Lipinski definition) is 4. The highest BCUT2D eigenvalue weighted by molar-refractivity contribution is 7.99. The van der Waals surface area contributed by atoms with Gasteiger partial charge in [-0.15, -0.1) is 11.8 Å². The molecule has 1 fully saturated rings. The molecule has 5 nitrogen and oxygen atoms in total. The van der Waals surface area contributed by atoms with E-state index >= 15 is 0 Å². The maximum absolute atomic E-state index is 11.6. The molecule has 1 aliphatic rings. The third kappa shape index (κ3) is 2.16. The predicted molar refractivity (Wildman–Crippen MR) is 61.7 cm³/mol. The lowest BCUT2D eigenvalue weighted by Gasteiger charge is -2.08. The molecule has 1 aromatic rings. The number of hydrogen-bond donors (Lipinski definition) is 1. The van der Waals surface area contributed by atoms with Crippen molar-refractivity contribution in [3.63, 3.8) is 0 Å². The van der Waals surface area contributed by atoms with Crippen LogP contribution in [0.1, 0.15) is 35.6 Å². The Morgan fingerprint density at radius 3 is 3.19 bits per heavy atom. The van der Waals surface area contributed by atoms with E-state index in [1.807, 2.05) is 0 Å². The van der Waals surface area contributed by atoms with Gasteiger partial charge in [0.2, 0.25) is 0 Å². The van der Waals surface area contributed by atoms with Gasteiger partial charge in [-0.2, -0.15) is 0 Å². The van der Waals surface area contributed by atoms with Crippen LogP contribution < -0.4 is 5.56 Å². The average molecular weight is 242 g/mol. The molecule has 1 aromatic heterocycles. The van der Waals surface area contributed by atoms with Gasteiger partial charge in [-0.1, -0.05) is 0 Å². The summed E-state index contributed by atoms with van der Waals surface area (Å²) < 4.78 is 6.35. The molecule has 0 radical (unpaired) electrons. The zero-order valence-corrected chi connectivity index (χ0v) is 9.88. The van der Waals surface area contributed by atoms with E-state index in [0.29, 0.717) is 6.61 Å². The van der Waals surface area contributed by atoms with Gasteiger partial charge in [0.25, 0.3) is 5.56 Å². The van der Waals surface area contributed by atoms with Crippen molar-refractivity contribution in [2.45, 2.75) is 25.1 Å². The monoisotopic (exact) mass is 242 g/mol. The summed E-state index contributed by atoms with van der Waals surface area (Å²) >= 11 is 1.73. The largest absolute Gasteiger partial charge is 0.461 e. The van der Waals surface area contributed by atoms with Gasteiger partial charge in [-0.3, -0.25) is 9.89 Å². The normalized spacial score (nSPS) is 19.9. The van der Waals surface area contributed by atoms with E-state index in [-0.39, 0.29) is 16.6 Å². The summed E-state index contributed by atoms with van der Waals surface area (Å²) in [4.78, 5) is 23.1. The smallest absolute Gasteiger partial charge is 0.356 e. The minimum atomic E-state index is -0.471. The Hall–Kier alpha value is -1.17. The third-order valence-electron chi connectivity index (χ3n) is 2.44. The van der Waals surface area contributed by atoms with Gasteiger partial charge in [0, 0.05) is 6.07 Å². The van der Waals surface area contributed by atoms with Crippen LogP contribution in [0.3, 0.4) is 0 Å². The minimum absolute atomic E-state index is 0.135. The predicted octanol–water partition coefficient (Wildman–Crippen LogP) is 1.38. The number of aromatic nitrogens is 2. The maximum Gasteiger partial charge on any atom is 0.356 e. The minimum Gasteiger partial charge on any atom is -0.461 e. The Labute approximate surface area is 97.1 Å². The quantitative estimate of drug-likeness (QED) is 0.813. The van der Waals surface area contributed by atoms with Crippen molar-refractivity contribution in [1.29, 1.82) is 0 Å². The standard InChI is InChI=1S/C10H14N2O3S/c1-2-15-10(14)7-6-8(13)12(11-7)9-4-3-5-16-9/h6,9,11H,2-5H2,1H3. The van der Waals surface area contributed by atoms with Crippen LogP contribution in [0.5, 0.6) is 0 Å². The topological polar surface area (TPSA) is 64.1 Å². The fraction of sp³-hybridized carbons (Fsp3) is 0.600. The van der Waals surface area contributed by atoms with E-state index in [1.54, 1.807) is 18.7 Å². The highest BCUT2D eigenvalue weighted by Gasteiger charge is 2.21. The van der Waals surface area contributed by atoms with Gasteiger partial charge in [0.1, 0.15) is 5.69 Å². The number of rotatable bonds is 3. The van der Waals surface area contributed by atoms with Gasteiger partial charge in [0.15, 0.2) is 0 Å². The Morgan fingerprint density at radius 2 is 2.56 bits per heavy atom. The first-order valence-electron chi connectivity index (χ1n) is 5.32. The first-order valence-corrected chi connectivity index (χ1v) is 6.37. The van der Waals surface area contributed by atoms with Gasteiger partial charge in [0.05, 0.1) is 12.0 Å². The Balaban J connectivity index is 2.21. The summed E-state index contributed by atoms with van der Waals surface area (Å²) in [6.45, 7) is 2.05. The molecule has 0 aromatic carbocycles.